The molecule has 0 saturated heterocycles. The third kappa shape index (κ3) is 3.71. The molecule has 3 nitrogen and oxygen atoms in total. The highest BCUT2D eigenvalue weighted by Gasteiger charge is 2.09. The average Bonchev–Trinajstić information content (AvgIpc) is 3.03. The molecule has 0 spiro atoms. The van der Waals surface area contributed by atoms with E-state index in [4.69, 9.17) is 0 Å². The minimum atomic E-state index is -0.134. The second-order valence-corrected chi connectivity index (χ2v) is 6.80. The van der Waals surface area contributed by atoms with Crippen LogP contribution in [0.3, 0.4) is 0 Å². The molecule has 1 heterocycles. The number of carbonyl (C=O) groups excluding carboxylic acids is 1. The van der Waals surface area contributed by atoms with Crippen molar-refractivity contribution in [2.45, 2.75) is 26.2 Å². The van der Waals surface area contributed by atoms with Gasteiger partial charge in [0.2, 0.25) is 5.91 Å². The summed E-state index contributed by atoms with van der Waals surface area (Å²) in [5.74, 6) is 0.278. The van der Waals surface area contributed by atoms with Crippen molar-refractivity contribution in [3.05, 3.63) is 65.2 Å². The first-order valence-corrected chi connectivity index (χ1v) is 8.92. The van der Waals surface area contributed by atoms with Crippen LogP contribution in [0, 0.1) is 0 Å². The third-order valence-electron chi connectivity index (χ3n) is 4.05. The summed E-state index contributed by atoms with van der Waals surface area (Å²) in [6.07, 6.45) is 4.35. The van der Waals surface area contributed by atoms with Gasteiger partial charge in [-0.05, 0) is 42.2 Å². The van der Waals surface area contributed by atoms with Crippen molar-refractivity contribution < 1.29 is 4.79 Å². The molecule has 0 saturated carbocycles. The van der Waals surface area contributed by atoms with Crippen LogP contribution >= 0.6 is 11.3 Å². The summed E-state index contributed by atoms with van der Waals surface area (Å²) in [7, 11) is 0. The molecule has 3 rings (SSSR count). The number of amides is 1. The fourth-order valence-electron chi connectivity index (χ4n) is 2.54. The van der Waals surface area contributed by atoms with Crippen LogP contribution in [0.4, 0.5) is 5.69 Å². The Hall–Kier alpha value is -2.46. The van der Waals surface area contributed by atoms with Gasteiger partial charge in [-0.3, -0.25) is 4.79 Å². The van der Waals surface area contributed by atoms with Crippen molar-refractivity contribution in [1.82, 2.24) is 4.98 Å². The minimum absolute atomic E-state index is 0.134. The molecule has 0 fully saturated rings. The van der Waals surface area contributed by atoms with Gasteiger partial charge in [-0.2, -0.15) is 0 Å². The van der Waals surface area contributed by atoms with E-state index >= 15 is 0 Å². The van der Waals surface area contributed by atoms with Gasteiger partial charge in [0.1, 0.15) is 5.01 Å². The molecule has 0 unspecified atom stereocenters. The maximum atomic E-state index is 12.2. The average molecular weight is 336 g/mol. The monoisotopic (exact) mass is 336 g/mol. The maximum absolute atomic E-state index is 12.2. The van der Waals surface area contributed by atoms with Crippen LogP contribution in [0.15, 0.2) is 54.6 Å². The molecule has 1 amide bonds. The van der Waals surface area contributed by atoms with E-state index in [2.05, 4.69) is 30.2 Å². The lowest BCUT2D eigenvalue weighted by Crippen LogP contribution is -2.10. The number of thiazole rings is 1. The van der Waals surface area contributed by atoms with Crippen LogP contribution in [0.2, 0.25) is 0 Å². The third-order valence-corrected chi connectivity index (χ3v) is 5.05. The Morgan fingerprint density at radius 1 is 1.21 bits per heavy atom. The number of para-hydroxylation sites is 2. The number of hydrogen-bond donors (Lipinski definition) is 1. The fourth-order valence-corrected chi connectivity index (χ4v) is 3.41. The number of anilines is 1. The predicted octanol–water partition coefficient (Wildman–Crippen LogP) is 5.46. The summed E-state index contributed by atoms with van der Waals surface area (Å²) in [5, 5.41) is 3.82. The number of nitrogens with one attached hydrogen (secondary N) is 1. The molecule has 24 heavy (non-hydrogen) atoms. The maximum Gasteiger partial charge on any atom is 0.248 e. The second kappa shape index (κ2) is 7.41. The first-order valence-electron chi connectivity index (χ1n) is 8.11. The SMILES string of the molecule is CC[C@H](C)c1ccccc1NC(=O)/C=C/c1nc2ccccc2s1. The van der Waals surface area contributed by atoms with E-state index in [0.717, 1.165) is 27.3 Å². The van der Waals surface area contributed by atoms with Gasteiger partial charge in [-0.15, -0.1) is 11.3 Å². The highest BCUT2D eigenvalue weighted by Crippen LogP contribution is 2.26. The van der Waals surface area contributed by atoms with E-state index in [-0.39, 0.29) is 5.91 Å². The molecule has 2 aromatic carbocycles. The van der Waals surface area contributed by atoms with Crippen molar-refractivity contribution in [2.24, 2.45) is 0 Å². The molecule has 3 aromatic rings. The molecule has 0 aliphatic carbocycles. The number of benzene rings is 2. The molecular formula is C20H20N2OS. The lowest BCUT2D eigenvalue weighted by molar-refractivity contribution is -0.111. The minimum Gasteiger partial charge on any atom is -0.322 e. The van der Waals surface area contributed by atoms with E-state index in [9.17, 15) is 4.79 Å². The zero-order valence-electron chi connectivity index (χ0n) is 13.8. The van der Waals surface area contributed by atoms with Gasteiger partial charge in [0.05, 0.1) is 10.2 Å². The van der Waals surface area contributed by atoms with Gasteiger partial charge >= 0.3 is 0 Å². The van der Waals surface area contributed by atoms with E-state index in [1.807, 2.05) is 42.5 Å². The van der Waals surface area contributed by atoms with E-state index in [1.165, 1.54) is 5.56 Å². The summed E-state index contributed by atoms with van der Waals surface area (Å²) in [6, 6.07) is 15.9. The van der Waals surface area contributed by atoms with Crippen LogP contribution < -0.4 is 5.32 Å². The Morgan fingerprint density at radius 2 is 1.96 bits per heavy atom. The molecule has 1 N–H and O–H groups in total. The molecule has 0 radical (unpaired) electrons. The van der Waals surface area contributed by atoms with Crippen LogP contribution in [-0.4, -0.2) is 10.9 Å². The summed E-state index contributed by atoms with van der Waals surface area (Å²) in [4.78, 5) is 16.7. The van der Waals surface area contributed by atoms with Gasteiger partial charge in [0.15, 0.2) is 0 Å². The molecule has 1 atom stereocenters. The van der Waals surface area contributed by atoms with Crippen molar-refractivity contribution in [1.29, 1.82) is 0 Å². The fraction of sp³-hybridized carbons (Fsp3) is 0.200. The zero-order valence-corrected chi connectivity index (χ0v) is 14.6. The molecule has 0 bridgehead atoms. The second-order valence-electron chi connectivity index (χ2n) is 5.74. The van der Waals surface area contributed by atoms with Crippen LogP contribution in [0.25, 0.3) is 16.3 Å². The first-order chi connectivity index (χ1) is 11.7. The van der Waals surface area contributed by atoms with Crippen LogP contribution in [0.5, 0.6) is 0 Å². The van der Waals surface area contributed by atoms with Gasteiger partial charge in [-0.25, -0.2) is 4.98 Å². The van der Waals surface area contributed by atoms with Crippen molar-refractivity contribution in [3.63, 3.8) is 0 Å². The number of aromatic nitrogens is 1. The lowest BCUT2D eigenvalue weighted by Gasteiger charge is -2.14. The Bertz CT molecular complexity index is 849. The molecule has 122 valence electrons. The normalized spacial score (nSPS) is 12.6. The zero-order chi connectivity index (χ0) is 16.9. The summed E-state index contributed by atoms with van der Waals surface area (Å²) in [6.45, 7) is 4.32. The predicted molar refractivity (Wildman–Crippen MR) is 102 cm³/mol. The number of nitrogens with zero attached hydrogens (tertiary/aromatic N) is 1. The standard InChI is InChI=1S/C20H20N2OS/c1-3-14(2)15-8-4-5-9-16(15)21-19(23)12-13-20-22-17-10-6-7-11-18(17)24-20/h4-14H,3H2,1-2H3,(H,21,23)/b13-12+/t14-/m0/s1. The summed E-state index contributed by atoms with van der Waals surface area (Å²) in [5.41, 5.74) is 3.01. The largest absolute Gasteiger partial charge is 0.322 e. The number of rotatable bonds is 5. The lowest BCUT2D eigenvalue weighted by atomic mass is 9.97. The number of hydrogen-bond acceptors (Lipinski definition) is 3. The van der Waals surface area contributed by atoms with Gasteiger partial charge < -0.3 is 5.32 Å². The van der Waals surface area contributed by atoms with Crippen LogP contribution in [0.1, 0.15) is 36.8 Å². The Morgan fingerprint density at radius 3 is 2.75 bits per heavy atom. The topological polar surface area (TPSA) is 42.0 Å². The summed E-state index contributed by atoms with van der Waals surface area (Å²) < 4.78 is 1.12. The number of carbonyl (C=O) groups is 1. The molecule has 0 aliphatic rings. The van der Waals surface area contributed by atoms with Crippen LogP contribution in [-0.2, 0) is 4.79 Å². The smallest absolute Gasteiger partial charge is 0.248 e. The molecular weight excluding hydrogens is 316 g/mol. The van der Waals surface area contributed by atoms with E-state index in [1.54, 1.807) is 23.5 Å². The first kappa shape index (κ1) is 16.4. The van der Waals surface area contributed by atoms with Gasteiger partial charge in [0.25, 0.3) is 0 Å². The Balaban J connectivity index is 1.74. The van der Waals surface area contributed by atoms with E-state index < -0.39 is 0 Å². The molecule has 0 aliphatic heterocycles. The molecule has 4 heteroatoms. The van der Waals surface area contributed by atoms with Gasteiger partial charge in [-0.1, -0.05) is 44.2 Å². The van der Waals surface area contributed by atoms with Crippen molar-refractivity contribution >= 4 is 39.2 Å². The quantitative estimate of drug-likeness (QED) is 0.628. The highest BCUT2D eigenvalue weighted by atomic mass is 32.1. The molecule has 1 aromatic heterocycles. The van der Waals surface area contributed by atoms with Gasteiger partial charge in [0, 0.05) is 11.8 Å². The summed E-state index contributed by atoms with van der Waals surface area (Å²) >= 11 is 1.58. The van der Waals surface area contributed by atoms with Crippen molar-refractivity contribution in [3.8, 4) is 0 Å². The Labute approximate surface area is 146 Å². The van der Waals surface area contributed by atoms with Crippen molar-refractivity contribution in [2.75, 3.05) is 5.32 Å². The number of fused-ring (bicyclic) bond motifs is 1. The van der Waals surface area contributed by atoms with E-state index in [0.29, 0.717) is 5.92 Å². The highest BCUT2D eigenvalue weighted by molar-refractivity contribution is 7.19. The Kier molecular flexibility index (Phi) is 5.06.